The van der Waals surface area contributed by atoms with E-state index in [4.69, 9.17) is 9.47 Å². The maximum Gasteiger partial charge on any atom is 0.291 e. The van der Waals surface area contributed by atoms with Crippen molar-refractivity contribution >= 4 is 17.5 Å². The lowest BCUT2D eigenvalue weighted by Gasteiger charge is -2.27. The van der Waals surface area contributed by atoms with Crippen LogP contribution in [0.25, 0.3) is 0 Å². The lowest BCUT2D eigenvalue weighted by Crippen LogP contribution is -2.30. The van der Waals surface area contributed by atoms with Crippen molar-refractivity contribution in [2.45, 2.75) is 12.6 Å². The maximum atomic E-state index is 13.4. The summed E-state index contributed by atoms with van der Waals surface area (Å²) in [5.41, 5.74) is 1.85. The lowest BCUT2D eigenvalue weighted by molar-refractivity contribution is -0.141. The molecule has 1 saturated heterocycles. The number of hydrogen-bond donors (Lipinski definition) is 0. The second-order valence-corrected chi connectivity index (χ2v) is 7.44. The number of nitrogens with zero attached hydrogens (tertiary/aromatic N) is 2. The van der Waals surface area contributed by atoms with Gasteiger partial charge in [-0.2, -0.15) is 0 Å². The fraction of sp³-hybridized carbons (Fsp3) is 0.200. The number of likely N-dealkylation sites (tertiary alicyclic amines) is 1. The van der Waals surface area contributed by atoms with Crippen LogP contribution in [-0.4, -0.2) is 41.6 Å². The molecule has 4 rings (SSSR count). The lowest BCUT2D eigenvalue weighted by atomic mass is 9.86. The molecular formula is C25H22N2O5. The zero-order chi connectivity index (χ0) is 22.7. The second kappa shape index (κ2) is 9.01. The number of carbonyl (C=O) groups excluding carboxylic acids is 3. The Morgan fingerprint density at radius 2 is 1.44 bits per heavy atom. The van der Waals surface area contributed by atoms with Gasteiger partial charge in [0.05, 0.1) is 20.3 Å². The monoisotopic (exact) mass is 430 g/mol. The van der Waals surface area contributed by atoms with Crippen molar-refractivity contribution in [1.29, 1.82) is 0 Å². The molecule has 1 aliphatic heterocycles. The van der Waals surface area contributed by atoms with E-state index in [1.807, 2.05) is 0 Å². The van der Waals surface area contributed by atoms with Crippen LogP contribution in [0.3, 0.4) is 0 Å². The standard InChI is InChI=1S/C25H22N2O5/c1-31-19-7-3-17(4-8-19)22-21(23(28)18-5-9-20(32-2)10-6-18)24(29)25(30)27(22)15-16-11-13-26-14-12-16/h3-14,21-22H,15H2,1-2H3. The second-order valence-electron chi connectivity index (χ2n) is 7.44. The Kier molecular flexibility index (Phi) is 5.98. The van der Waals surface area contributed by atoms with Crippen LogP contribution in [0, 0.1) is 5.92 Å². The number of benzene rings is 2. The third-order valence-corrected chi connectivity index (χ3v) is 5.62. The predicted molar refractivity (Wildman–Crippen MR) is 116 cm³/mol. The largest absolute Gasteiger partial charge is 0.497 e. The Morgan fingerprint density at radius 3 is 2.00 bits per heavy atom. The zero-order valence-electron chi connectivity index (χ0n) is 17.7. The fourth-order valence-electron chi connectivity index (χ4n) is 3.95. The summed E-state index contributed by atoms with van der Waals surface area (Å²) in [6.07, 6.45) is 3.25. The molecule has 0 aliphatic carbocycles. The molecule has 2 heterocycles. The summed E-state index contributed by atoms with van der Waals surface area (Å²) >= 11 is 0. The summed E-state index contributed by atoms with van der Waals surface area (Å²) in [6.45, 7) is 0.191. The number of Topliss-reactive ketones (excluding diaryl/α,β-unsaturated/α-hetero) is 2. The van der Waals surface area contributed by atoms with Crippen LogP contribution in [0.2, 0.25) is 0 Å². The summed E-state index contributed by atoms with van der Waals surface area (Å²) in [4.78, 5) is 45.0. The highest BCUT2D eigenvalue weighted by Gasteiger charge is 2.51. The van der Waals surface area contributed by atoms with Gasteiger partial charge in [0.1, 0.15) is 17.4 Å². The summed E-state index contributed by atoms with van der Waals surface area (Å²) in [6, 6.07) is 16.4. The highest BCUT2D eigenvalue weighted by atomic mass is 16.5. The van der Waals surface area contributed by atoms with E-state index in [0.717, 1.165) is 5.56 Å². The van der Waals surface area contributed by atoms with Crippen molar-refractivity contribution in [2.75, 3.05) is 14.2 Å². The van der Waals surface area contributed by atoms with Crippen LogP contribution in [0.4, 0.5) is 0 Å². The van der Waals surface area contributed by atoms with Crippen LogP contribution in [0.15, 0.2) is 73.1 Å². The Hall–Kier alpha value is -4.00. The predicted octanol–water partition coefficient (Wildman–Crippen LogP) is 3.25. The topological polar surface area (TPSA) is 85.8 Å². The average molecular weight is 430 g/mol. The van der Waals surface area contributed by atoms with Gasteiger partial charge in [-0.25, -0.2) is 0 Å². The number of rotatable bonds is 7. The van der Waals surface area contributed by atoms with Gasteiger partial charge in [-0.1, -0.05) is 12.1 Å². The van der Waals surface area contributed by atoms with Gasteiger partial charge in [0.15, 0.2) is 5.78 Å². The van der Waals surface area contributed by atoms with E-state index in [0.29, 0.717) is 22.6 Å². The van der Waals surface area contributed by atoms with Gasteiger partial charge in [-0.05, 0) is 59.7 Å². The molecule has 2 unspecified atom stereocenters. The van der Waals surface area contributed by atoms with Crippen LogP contribution in [-0.2, 0) is 16.1 Å². The number of methoxy groups -OCH3 is 2. The first-order valence-electron chi connectivity index (χ1n) is 10.1. The van der Waals surface area contributed by atoms with Gasteiger partial charge in [0.2, 0.25) is 5.78 Å². The van der Waals surface area contributed by atoms with Crippen LogP contribution < -0.4 is 9.47 Å². The number of hydrogen-bond acceptors (Lipinski definition) is 6. The quantitative estimate of drug-likeness (QED) is 0.325. The number of ketones is 2. The van der Waals surface area contributed by atoms with Crippen molar-refractivity contribution in [3.8, 4) is 11.5 Å². The Morgan fingerprint density at radius 1 is 0.875 bits per heavy atom. The maximum absolute atomic E-state index is 13.4. The highest BCUT2D eigenvalue weighted by Crippen LogP contribution is 2.39. The molecule has 1 aliphatic rings. The highest BCUT2D eigenvalue weighted by molar-refractivity contribution is 6.44. The minimum absolute atomic E-state index is 0.191. The third kappa shape index (κ3) is 3.97. The van der Waals surface area contributed by atoms with Crippen LogP contribution in [0.5, 0.6) is 11.5 Å². The molecule has 0 spiro atoms. The molecule has 32 heavy (non-hydrogen) atoms. The van der Waals surface area contributed by atoms with E-state index in [1.54, 1.807) is 80.2 Å². The molecule has 2 aromatic carbocycles. The van der Waals surface area contributed by atoms with Gasteiger partial charge < -0.3 is 14.4 Å². The van der Waals surface area contributed by atoms with E-state index in [2.05, 4.69) is 4.98 Å². The molecule has 0 N–H and O–H groups in total. The molecule has 1 aromatic heterocycles. The zero-order valence-corrected chi connectivity index (χ0v) is 17.7. The van der Waals surface area contributed by atoms with E-state index in [-0.39, 0.29) is 6.54 Å². The summed E-state index contributed by atoms with van der Waals surface area (Å²) in [7, 11) is 3.09. The molecular weight excluding hydrogens is 408 g/mol. The summed E-state index contributed by atoms with van der Waals surface area (Å²) in [5.74, 6) is -1.69. The van der Waals surface area contributed by atoms with Crippen molar-refractivity contribution in [2.24, 2.45) is 5.92 Å². The first kappa shape index (κ1) is 21.2. The van der Waals surface area contributed by atoms with Gasteiger partial charge in [0.25, 0.3) is 5.91 Å². The van der Waals surface area contributed by atoms with Gasteiger partial charge >= 0.3 is 0 Å². The molecule has 0 bridgehead atoms. The first-order chi connectivity index (χ1) is 15.5. The molecule has 3 aromatic rings. The van der Waals surface area contributed by atoms with Crippen LogP contribution >= 0.6 is 0 Å². The molecule has 1 fully saturated rings. The molecule has 1 amide bonds. The first-order valence-corrected chi connectivity index (χ1v) is 10.1. The Balaban J connectivity index is 1.75. The molecule has 162 valence electrons. The summed E-state index contributed by atoms with van der Waals surface area (Å²) < 4.78 is 10.4. The van der Waals surface area contributed by atoms with Crippen molar-refractivity contribution in [3.05, 3.63) is 89.7 Å². The van der Waals surface area contributed by atoms with Crippen LogP contribution in [0.1, 0.15) is 27.5 Å². The SMILES string of the molecule is COc1ccc(C(=O)C2C(=O)C(=O)N(Cc3ccncc3)C2c2ccc(OC)cc2)cc1. The van der Waals surface area contributed by atoms with Gasteiger partial charge in [0, 0.05) is 24.5 Å². The van der Waals surface area contributed by atoms with Crippen molar-refractivity contribution in [1.82, 2.24) is 9.88 Å². The normalized spacial score (nSPS) is 18.0. The molecule has 7 nitrogen and oxygen atoms in total. The third-order valence-electron chi connectivity index (χ3n) is 5.62. The Bertz CT molecular complexity index is 1130. The smallest absolute Gasteiger partial charge is 0.291 e. The molecule has 0 radical (unpaired) electrons. The van der Waals surface area contributed by atoms with E-state index in [9.17, 15) is 14.4 Å². The number of carbonyl (C=O) groups is 3. The number of aromatic nitrogens is 1. The Labute approximate surface area is 185 Å². The van der Waals surface area contributed by atoms with Gasteiger partial charge in [-0.15, -0.1) is 0 Å². The van der Waals surface area contributed by atoms with E-state index in [1.165, 1.54) is 12.0 Å². The van der Waals surface area contributed by atoms with E-state index >= 15 is 0 Å². The minimum atomic E-state index is -1.15. The van der Waals surface area contributed by atoms with E-state index < -0.39 is 29.4 Å². The minimum Gasteiger partial charge on any atom is -0.497 e. The number of amides is 1. The number of ether oxygens (including phenoxy) is 2. The molecule has 7 heteroatoms. The summed E-state index contributed by atoms with van der Waals surface area (Å²) in [5, 5.41) is 0. The molecule has 0 saturated carbocycles. The van der Waals surface area contributed by atoms with Gasteiger partial charge in [-0.3, -0.25) is 19.4 Å². The fourth-order valence-corrected chi connectivity index (χ4v) is 3.95. The number of pyridine rings is 1. The molecule has 2 atom stereocenters. The average Bonchev–Trinajstić information content (AvgIpc) is 3.09. The van der Waals surface area contributed by atoms with Crippen molar-refractivity contribution < 1.29 is 23.9 Å². The van der Waals surface area contributed by atoms with Crippen molar-refractivity contribution in [3.63, 3.8) is 0 Å².